The number of carboxylic acids is 1. The highest BCUT2D eigenvalue weighted by molar-refractivity contribution is 9.09. The van der Waals surface area contributed by atoms with Crippen molar-refractivity contribution in [1.82, 2.24) is 4.98 Å². The van der Waals surface area contributed by atoms with Gasteiger partial charge in [0.05, 0.1) is 16.9 Å². The Morgan fingerprint density at radius 1 is 1.67 bits per heavy atom. The van der Waals surface area contributed by atoms with E-state index in [1.807, 2.05) is 6.07 Å². The molecule has 0 aliphatic carbocycles. The van der Waals surface area contributed by atoms with E-state index in [-0.39, 0.29) is 11.2 Å². The van der Waals surface area contributed by atoms with Gasteiger partial charge in [0.1, 0.15) is 0 Å². The lowest BCUT2D eigenvalue weighted by Gasteiger charge is -2.04. The predicted molar refractivity (Wildman–Crippen MR) is 48.2 cm³/mol. The van der Waals surface area contributed by atoms with E-state index in [1.54, 1.807) is 18.3 Å². The van der Waals surface area contributed by atoms with Gasteiger partial charge in [-0.1, -0.05) is 22.0 Å². The van der Waals surface area contributed by atoms with Gasteiger partial charge in [0.15, 0.2) is 0 Å². The number of aliphatic carboxylic acids is 1. The molecule has 12 heavy (non-hydrogen) atoms. The topological polar surface area (TPSA) is 50.2 Å². The molecule has 1 heterocycles. The largest absolute Gasteiger partial charge is 0.481 e. The Labute approximate surface area is 78.6 Å². The summed E-state index contributed by atoms with van der Waals surface area (Å²) in [6.45, 7) is 0. The van der Waals surface area contributed by atoms with Crippen LogP contribution in [-0.2, 0) is 4.79 Å². The number of hydrogen-bond donors (Lipinski definition) is 1. The average Bonchev–Trinajstić information content (AvgIpc) is 2.05. The highest BCUT2D eigenvalue weighted by atomic mass is 79.9. The third kappa shape index (κ3) is 2.62. The van der Waals surface area contributed by atoms with Crippen LogP contribution >= 0.6 is 15.9 Å². The summed E-state index contributed by atoms with van der Waals surface area (Å²) in [5.41, 5.74) is 0.750. The van der Waals surface area contributed by atoms with Gasteiger partial charge >= 0.3 is 5.97 Å². The molecule has 0 amide bonds. The molecule has 0 fully saturated rings. The lowest BCUT2D eigenvalue weighted by atomic mass is 10.2. The van der Waals surface area contributed by atoms with Gasteiger partial charge in [0, 0.05) is 6.20 Å². The molecule has 0 bridgehead atoms. The van der Waals surface area contributed by atoms with E-state index < -0.39 is 5.97 Å². The highest BCUT2D eigenvalue weighted by Gasteiger charge is 2.11. The van der Waals surface area contributed by atoms with Crippen LogP contribution < -0.4 is 0 Å². The van der Waals surface area contributed by atoms with Gasteiger partial charge in [-0.05, 0) is 12.1 Å². The van der Waals surface area contributed by atoms with E-state index in [2.05, 4.69) is 20.9 Å². The minimum atomic E-state index is -0.831. The Morgan fingerprint density at radius 3 is 2.92 bits per heavy atom. The first-order valence-electron chi connectivity index (χ1n) is 3.47. The summed E-state index contributed by atoms with van der Waals surface area (Å²) >= 11 is 3.24. The summed E-state index contributed by atoms with van der Waals surface area (Å²) < 4.78 is 0. The van der Waals surface area contributed by atoms with Crippen molar-refractivity contribution in [2.45, 2.75) is 11.2 Å². The Morgan fingerprint density at radius 2 is 2.42 bits per heavy atom. The van der Waals surface area contributed by atoms with Crippen molar-refractivity contribution in [2.24, 2.45) is 0 Å². The van der Waals surface area contributed by atoms with Crippen LogP contribution in [0.2, 0.25) is 0 Å². The minimum absolute atomic E-state index is 0.0526. The monoisotopic (exact) mass is 229 g/mol. The molecule has 3 nitrogen and oxygen atoms in total. The fourth-order valence-corrected chi connectivity index (χ4v) is 1.37. The first-order valence-corrected chi connectivity index (χ1v) is 4.38. The normalized spacial score (nSPS) is 12.4. The number of hydrogen-bond acceptors (Lipinski definition) is 2. The number of aromatic nitrogens is 1. The molecular weight excluding hydrogens is 222 g/mol. The molecule has 0 radical (unpaired) electrons. The van der Waals surface area contributed by atoms with E-state index in [9.17, 15) is 4.79 Å². The molecule has 0 spiro atoms. The molecule has 1 N–H and O–H groups in total. The number of halogens is 1. The zero-order chi connectivity index (χ0) is 8.97. The molecule has 0 aliphatic heterocycles. The van der Waals surface area contributed by atoms with Crippen LogP contribution in [0.4, 0.5) is 0 Å². The molecule has 0 aromatic carbocycles. The van der Waals surface area contributed by atoms with Crippen molar-refractivity contribution in [2.75, 3.05) is 0 Å². The van der Waals surface area contributed by atoms with Crippen LogP contribution in [0.25, 0.3) is 0 Å². The maximum atomic E-state index is 10.3. The number of alkyl halides is 1. The van der Waals surface area contributed by atoms with Gasteiger partial charge in [-0.25, -0.2) is 0 Å². The molecular formula is C8H8BrNO2. The molecule has 1 unspecified atom stereocenters. The molecule has 0 aliphatic rings. The van der Waals surface area contributed by atoms with Gasteiger partial charge in [0.25, 0.3) is 0 Å². The Kier molecular flexibility index (Phi) is 3.22. The third-order valence-electron chi connectivity index (χ3n) is 1.36. The van der Waals surface area contributed by atoms with Crippen LogP contribution in [0.3, 0.4) is 0 Å². The maximum Gasteiger partial charge on any atom is 0.304 e. The average molecular weight is 230 g/mol. The van der Waals surface area contributed by atoms with Gasteiger partial charge in [0.2, 0.25) is 0 Å². The molecule has 4 heteroatoms. The van der Waals surface area contributed by atoms with Gasteiger partial charge in [-0.15, -0.1) is 0 Å². The SMILES string of the molecule is O=C(O)CC(Br)c1ccccn1. The first kappa shape index (κ1) is 9.19. The summed E-state index contributed by atoms with van der Waals surface area (Å²) in [6, 6.07) is 5.42. The number of pyridine rings is 1. The van der Waals surface area contributed by atoms with E-state index in [4.69, 9.17) is 5.11 Å². The molecule has 0 saturated carbocycles. The molecule has 1 atom stereocenters. The molecule has 1 aromatic heterocycles. The zero-order valence-electron chi connectivity index (χ0n) is 6.27. The second-order valence-corrected chi connectivity index (χ2v) is 3.43. The molecule has 64 valence electrons. The van der Waals surface area contributed by atoms with Crippen molar-refractivity contribution in [3.63, 3.8) is 0 Å². The standard InChI is InChI=1S/C8H8BrNO2/c9-6(5-8(11)12)7-3-1-2-4-10-7/h1-4,6H,5H2,(H,11,12). The third-order valence-corrected chi connectivity index (χ3v) is 2.16. The second kappa shape index (κ2) is 4.21. The number of nitrogens with zero attached hydrogens (tertiary/aromatic N) is 1. The van der Waals surface area contributed by atoms with Crippen molar-refractivity contribution in [3.8, 4) is 0 Å². The Hall–Kier alpha value is -0.900. The molecule has 1 rings (SSSR count). The maximum absolute atomic E-state index is 10.3. The Bertz CT molecular complexity index is 263. The number of carboxylic acid groups (broad SMARTS) is 1. The number of rotatable bonds is 3. The fourth-order valence-electron chi connectivity index (χ4n) is 0.819. The van der Waals surface area contributed by atoms with Crippen LogP contribution in [0.5, 0.6) is 0 Å². The van der Waals surface area contributed by atoms with E-state index in [0.29, 0.717) is 0 Å². The predicted octanol–water partition coefficient (Wildman–Crippen LogP) is 1.99. The first-order chi connectivity index (χ1) is 5.70. The smallest absolute Gasteiger partial charge is 0.304 e. The summed E-state index contributed by atoms with van der Waals surface area (Å²) in [6.07, 6.45) is 1.70. The lowest BCUT2D eigenvalue weighted by molar-refractivity contribution is -0.136. The van der Waals surface area contributed by atoms with Crippen molar-refractivity contribution in [3.05, 3.63) is 30.1 Å². The van der Waals surface area contributed by atoms with Crippen LogP contribution in [0, 0.1) is 0 Å². The molecule has 0 saturated heterocycles. The van der Waals surface area contributed by atoms with Crippen molar-refractivity contribution >= 4 is 21.9 Å². The number of carbonyl (C=O) groups is 1. The minimum Gasteiger partial charge on any atom is -0.481 e. The summed E-state index contributed by atoms with van der Waals surface area (Å²) in [5.74, 6) is -0.831. The summed E-state index contributed by atoms with van der Waals surface area (Å²) in [5, 5.41) is 8.49. The second-order valence-electron chi connectivity index (χ2n) is 2.32. The Balaban J connectivity index is 2.65. The lowest BCUT2D eigenvalue weighted by Crippen LogP contribution is -2.01. The highest BCUT2D eigenvalue weighted by Crippen LogP contribution is 2.23. The summed E-state index contributed by atoms with van der Waals surface area (Å²) in [7, 11) is 0. The van der Waals surface area contributed by atoms with Crippen LogP contribution in [-0.4, -0.2) is 16.1 Å². The van der Waals surface area contributed by atoms with Gasteiger partial charge in [-0.2, -0.15) is 0 Å². The molecule has 1 aromatic rings. The van der Waals surface area contributed by atoms with E-state index in [0.717, 1.165) is 5.69 Å². The fraction of sp³-hybridized carbons (Fsp3) is 0.250. The zero-order valence-corrected chi connectivity index (χ0v) is 7.86. The van der Waals surface area contributed by atoms with Crippen LogP contribution in [0.15, 0.2) is 24.4 Å². The van der Waals surface area contributed by atoms with E-state index >= 15 is 0 Å². The van der Waals surface area contributed by atoms with Crippen molar-refractivity contribution in [1.29, 1.82) is 0 Å². The van der Waals surface area contributed by atoms with E-state index in [1.165, 1.54) is 0 Å². The summed E-state index contributed by atoms with van der Waals surface area (Å²) in [4.78, 5) is 14.1. The van der Waals surface area contributed by atoms with Crippen molar-refractivity contribution < 1.29 is 9.90 Å². The quantitative estimate of drug-likeness (QED) is 0.807. The van der Waals surface area contributed by atoms with Crippen LogP contribution in [0.1, 0.15) is 16.9 Å². The van der Waals surface area contributed by atoms with Gasteiger partial charge in [-0.3, -0.25) is 9.78 Å². The van der Waals surface area contributed by atoms with Gasteiger partial charge < -0.3 is 5.11 Å².